The van der Waals surface area contributed by atoms with E-state index in [1.165, 1.54) is 12.8 Å². The van der Waals surface area contributed by atoms with Gasteiger partial charge in [-0.1, -0.05) is 19.9 Å². The van der Waals surface area contributed by atoms with Crippen molar-refractivity contribution in [2.45, 2.75) is 77.4 Å². The van der Waals surface area contributed by atoms with Crippen molar-refractivity contribution in [3.63, 3.8) is 0 Å². The van der Waals surface area contributed by atoms with Gasteiger partial charge in [0.15, 0.2) is 0 Å². The second kappa shape index (κ2) is 6.62. The fraction of sp³-hybridized carbons (Fsp3) is 0.889. The topological polar surface area (TPSA) is 40.5 Å². The second-order valence-electron chi connectivity index (χ2n) is 7.69. The van der Waals surface area contributed by atoms with Gasteiger partial charge in [-0.3, -0.25) is 0 Å². The Bertz CT molecular complexity index is 315. The quantitative estimate of drug-likeness (QED) is 0.766. The molecule has 2 nitrogen and oxygen atoms in total. The first-order chi connectivity index (χ1) is 9.45. The van der Waals surface area contributed by atoms with Crippen molar-refractivity contribution in [3.8, 4) is 0 Å². The lowest BCUT2D eigenvalue weighted by Gasteiger charge is -2.47. The highest BCUT2D eigenvalue weighted by Crippen LogP contribution is 2.49. The van der Waals surface area contributed by atoms with Crippen molar-refractivity contribution in [2.75, 3.05) is 0 Å². The number of hydrogen-bond acceptors (Lipinski definition) is 2. The first-order valence-electron chi connectivity index (χ1n) is 8.42. The van der Waals surface area contributed by atoms with Crippen molar-refractivity contribution in [1.29, 1.82) is 0 Å². The van der Waals surface area contributed by atoms with Gasteiger partial charge in [0, 0.05) is 0 Å². The maximum Gasteiger partial charge on any atom is 0.0571 e. The summed E-state index contributed by atoms with van der Waals surface area (Å²) in [6, 6.07) is 0. The van der Waals surface area contributed by atoms with E-state index >= 15 is 0 Å². The molecule has 0 heterocycles. The third-order valence-electron chi connectivity index (χ3n) is 6.21. The summed E-state index contributed by atoms with van der Waals surface area (Å²) in [6.07, 6.45) is 10.2. The third-order valence-corrected chi connectivity index (χ3v) is 6.21. The van der Waals surface area contributed by atoms with Gasteiger partial charge in [-0.25, -0.2) is 0 Å². The maximum atomic E-state index is 10.1. The van der Waals surface area contributed by atoms with Gasteiger partial charge in [-0.15, -0.1) is 6.58 Å². The van der Waals surface area contributed by atoms with Crippen LogP contribution in [0.2, 0.25) is 0 Å². The summed E-state index contributed by atoms with van der Waals surface area (Å²) in [4.78, 5) is 0. The van der Waals surface area contributed by atoms with Gasteiger partial charge in [-0.05, 0) is 74.5 Å². The molecule has 0 aromatic rings. The molecule has 0 saturated heterocycles. The zero-order valence-electron chi connectivity index (χ0n) is 13.2. The Morgan fingerprint density at radius 3 is 2.20 bits per heavy atom. The van der Waals surface area contributed by atoms with Crippen LogP contribution in [0.15, 0.2) is 12.7 Å². The average Bonchev–Trinajstić information content (AvgIpc) is 2.42. The van der Waals surface area contributed by atoms with Gasteiger partial charge in [-0.2, -0.15) is 0 Å². The van der Waals surface area contributed by atoms with E-state index < -0.39 is 0 Å². The van der Waals surface area contributed by atoms with Crippen molar-refractivity contribution < 1.29 is 10.2 Å². The smallest absolute Gasteiger partial charge is 0.0571 e. The molecular weight excluding hydrogens is 248 g/mol. The lowest BCUT2D eigenvalue weighted by atomic mass is 9.59. The van der Waals surface area contributed by atoms with E-state index in [-0.39, 0.29) is 12.2 Å². The predicted octanol–water partition coefficient (Wildman–Crippen LogP) is 3.92. The van der Waals surface area contributed by atoms with E-state index in [9.17, 15) is 10.2 Å². The van der Waals surface area contributed by atoms with Gasteiger partial charge in [0.1, 0.15) is 0 Å². The van der Waals surface area contributed by atoms with E-state index in [1.54, 1.807) is 0 Å². The monoisotopic (exact) mass is 280 g/mol. The van der Waals surface area contributed by atoms with Crippen LogP contribution in [-0.2, 0) is 0 Å². The molecule has 0 radical (unpaired) electrons. The van der Waals surface area contributed by atoms with Crippen LogP contribution < -0.4 is 0 Å². The molecule has 116 valence electrons. The van der Waals surface area contributed by atoms with E-state index in [0.29, 0.717) is 17.3 Å². The summed E-state index contributed by atoms with van der Waals surface area (Å²) in [5.41, 5.74) is 0.333. The van der Waals surface area contributed by atoms with Crippen molar-refractivity contribution in [3.05, 3.63) is 12.7 Å². The van der Waals surface area contributed by atoms with Crippen molar-refractivity contribution in [1.82, 2.24) is 0 Å². The Labute approximate surface area is 124 Å². The van der Waals surface area contributed by atoms with Crippen LogP contribution in [0.1, 0.15) is 65.2 Å². The molecule has 2 aliphatic carbocycles. The minimum atomic E-state index is -0.131. The molecule has 0 spiro atoms. The molecule has 0 aromatic heterocycles. The minimum absolute atomic E-state index is 0.0660. The Kier molecular flexibility index (Phi) is 5.30. The highest BCUT2D eigenvalue weighted by Gasteiger charge is 2.42. The van der Waals surface area contributed by atoms with Gasteiger partial charge >= 0.3 is 0 Å². The highest BCUT2D eigenvalue weighted by atomic mass is 16.3. The highest BCUT2D eigenvalue weighted by molar-refractivity contribution is 4.94. The molecule has 0 bridgehead atoms. The predicted molar refractivity (Wildman–Crippen MR) is 83.4 cm³/mol. The maximum absolute atomic E-state index is 10.1. The minimum Gasteiger partial charge on any atom is -0.393 e. The largest absolute Gasteiger partial charge is 0.393 e. The molecule has 3 atom stereocenters. The van der Waals surface area contributed by atoms with Crippen LogP contribution in [0.4, 0.5) is 0 Å². The number of aliphatic hydroxyl groups is 2. The number of allylic oxidation sites excluding steroid dienone is 1. The Morgan fingerprint density at radius 2 is 1.60 bits per heavy atom. The first kappa shape index (κ1) is 16.0. The molecule has 2 saturated carbocycles. The van der Waals surface area contributed by atoms with Gasteiger partial charge < -0.3 is 10.2 Å². The molecule has 3 unspecified atom stereocenters. The van der Waals surface area contributed by atoms with Crippen LogP contribution in [0.5, 0.6) is 0 Å². The zero-order valence-corrected chi connectivity index (χ0v) is 13.2. The summed E-state index contributed by atoms with van der Waals surface area (Å²) in [7, 11) is 0. The molecule has 0 amide bonds. The Hall–Kier alpha value is -0.340. The van der Waals surface area contributed by atoms with Gasteiger partial charge in [0.05, 0.1) is 12.2 Å². The van der Waals surface area contributed by atoms with Crippen molar-refractivity contribution in [2.24, 2.45) is 23.2 Å². The van der Waals surface area contributed by atoms with Gasteiger partial charge in [0.2, 0.25) is 0 Å². The average molecular weight is 280 g/mol. The van der Waals surface area contributed by atoms with Crippen LogP contribution in [0.25, 0.3) is 0 Å². The standard InChI is InChI=1S/C18H32O2/c1-4-5-13-12-15(8-11-17(13)20)18(2,3)14-6-9-16(19)10-7-14/h4,13-17,19-20H,1,5-12H2,2-3H3. The fourth-order valence-electron chi connectivity index (χ4n) is 4.54. The number of rotatable bonds is 4. The van der Waals surface area contributed by atoms with Crippen LogP contribution in [0, 0.1) is 23.2 Å². The lowest BCUT2D eigenvalue weighted by Crippen LogP contribution is -2.41. The molecule has 2 fully saturated rings. The molecule has 2 heteroatoms. The Morgan fingerprint density at radius 1 is 1.00 bits per heavy atom. The molecule has 0 aliphatic heterocycles. The summed E-state index contributed by atoms with van der Waals surface area (Å²) in [5, 5.41) is 19.9. The molecule has 2 aliphatic rings. The van der Waals surface area contributed by atoms with Crippen molar-refractivity contribution >= 4 is 0 Å². The first-order valence-corrected chi connectivity index (χ1v) is 8.42. The third kappa shape index (κ3) is 3.46. The SMILES string of the molecule is C=CCC1CC(C(C)(C)C2CCC(O)CC2)CCC1O. The molecule has 2 rings (SSSR count). The van der Waals surface area contributed by atoms with E-state index in [1.807, 2.05) is 6.08 Å². The summed E-state index contributed by atoms with van der Waals surface area (Å²) < 4.78 is 0. The number of aliphatic hydroxyl groups excluding tert-OH is 2. The molecule has 20 heavy (non-hydrogen) atoms. The molecular formula is C18H32O2. The summed E-state index contributed by atoms with van der Waals surface area (Å²) >= 11 is 0. The molecule has 0 aromatic carbocycles. The van der Waals surface area contributed by atoms with E-state index in [2.05, 4.69) is 20.4 Å². The number of hydrogen-bond donors (Lipinski definition) is 2. The molecule has 2 N–H and O–H groups in total. The normalized spacial score (nSPS) is 39.5. The van der Waals surface area contributed by atoms with E-state index in [0.717, 1.165) is 44.4 Å². The Balaban J connectivity index is 1.99. The van der Waals surface area contributed by atoms with Crippen LogP contribution >= 0.6 is 0 Å². The van der Waals surface area contributed by atoms with Crippen LogP contribution in [0.3, 0.4) is 0 Å². The van der Waals surface area contributed by atoms with Gasteiger partial charge in [0.25, 0.3) is 0 Å². The lowest BCUT2D eigenvalue weighted by molar-refractivity contribution is -0.0226. The summed E-state index contributed by atoms with van der Waals surface area (Å²) in [6.45, 7) is 8.67. The van der Waals surface area contributed by atoms with Crippen LogP contribution in [-0.4, -0.2) is 22.4 Å². The fourth-order valence-corrected chi connectivity index (χ4v) is 4.54. The van der Waals surface area contributed by atoms with E-state index in [4.69, 9.17) is 0 Å². The second-order valence-corrected chi connectivity index (χ2v) is 7.69. The summed E-state index contributed by atoms with van der Waals surface area (Å²) in [5.74, 6) is 1.84. The zero-order chi connectivity index (χ0) is 14.8.